The van der Waals surface area contributed by atoms with Crippen molar-refractivity contribution in [2.75, 3.05) is 28.1 Å². The monoisotopic (exact) mass is 224 g/mol. The van der Waals surface area contributed by atoms with Gasteiger partial charge in [0.05, 0.1) is 28.9 Å². The smallest absolute Gasteiger partial charge is 0.125 e. The van der Waals surface area contributed by atoms with Crippen LogP contribution in [0, 0.1) is 0 Å². The summed E-state index contributed by atoms with van der Waals surface area (Å²) in [6, 6.07) is 0. The Morgan fingerprint density at radius 2 is 1.44 bits per heavy atom. The molecule has 0 bridgehead atoms. The lowest BCUT2D eigenvalue weighted by atomic mass is 10.0. The summed E-state index contributed by atoms with van der Waals surface area (Å²) < 4.78 is 0. The Morgan fingerprint density at radius 3 is 2.06 bits per heavy atom. The molecule has 10 N–H and O–H groups in total. The first kappa shape index (κ1) is 10.2. The Morgan fingerprint density at radius 1 is 0.875 bits per heavy atom. The molecule has 16 heavy (non-hydrogen) atoms. The van der Waals surface area contributed by atoms with E-state index in [1.54, 1.807) is 0 Å². The number of nitrogens with two attached hydrogens (primary N) is 4. The zero-order valence-corrected chi connectivity index (χ0v) is 8.25. The first-order valence-corrected chi connectivity index (χ1v) is 4.36. The van der Waals surface area contributed by atoms with Crippen molar-refractivity contribution < 1.29 is 10.4 Å². The first-order chi connectivity index (χ1) is 7.45. The summed E-state index contributed by atoms with van der Waals surface area (Å²) in [5, 5.41) is 19.7. The van der Waals surface area contributed by atoms with Gasteiger partial charge in [0.1, 0.15) is 5.69 Å². The normalized spacial score (nSPS) is 14.1. The molecule has 0 saturated carbocycles. The van der Waals surface area contributed by atoms with Gasteiger partial charge in [0.15, 0.2) is 0 Å². The number of hydroxylamine groups is 1. The van der Waals surface area contributed by atoms with Crippen molar-refractivity contribution in [1.82, 2.24) is 5.17 Å². The number of anilines is 5. The van der Waals surface area contributed by atoms with Crippen molar-refractivity contribution in [1.29, 1.82) is 0 Å². The van der Waals surface area contributed by atoms with Crippen molar-refractivity contribution in [3.8, 4) is 0 Å². The Balaban J connectivity index is 2.79. The van der Waals surface area contributed by atoms with Crippen molar-refractivity contribution in [2.45, 2.75) is 0 Å². The molecule has 0 fully saturated rings. The second kappa shape index (κ2) is 3.08. The van der Waals surface area contributed by atoms with Gasteiger partial charge >= 0.3 is 0 Å². The lowest BCUT2D eigenvalue weighted by molar-refractivity contribution is -0.122. The van der Waals surface area contributed by atoms with E-state index in [1.165, 1.54) is 12.3 Å². The molecule has 1 aromatic carbocycles. The van der Waals surface area contributed by atoms with Crippen LogP contribution in [0.2, 0.25) is 0 Å². The van der Waals surface area contributed by atoms with E-state index < -0.39 is 0 Å². The maximum absolute atomic E-state index is 9.58. The minimum Gasteiger partial charge on any atom is -0.396 e. The van der Waals surface area contributed by atoms with Gasteiger partial charge in [-0.25, -0.2) is 0 Å². The van der Waals surface area contributed by atoms with Crippen LogP contribution in [0.25, 0.3) is 6.08 Å². The molecule has 0 aliphatic carbocycles. The number of fused-ring (bicyclic) bond motifs is 1. The third-order valence-corrected chi connectivity index (χ3v) is 2.44. The SMILES string of the molecule is Nc1c(N)c(N)c2c(c1N)C=CN(O)N2O. The highest BCUT2D eigenvalue weighted by Gasteiger charge is 2.25. The minimum absolute atomic E-state index is 0.0487. The van der Waals surface area contributed by atoms with E-state index in [-0.39, 0.29) is 28.4 Å². The Kier molecular flexibility index (Phi) is 1.97. The van der Waals surface area contributed by atoms with Gasteiger partial charge in [-0.2, -0.15) is 0 Å². The maximum Gasteiger partial charge on any atom is 0.125 e. The van der Waals surface area contributed by atoms with Crippen molar-refractivity contribution in [3.63, 3.8) is 0 Å². The van der Waals surface area contributed by atoms with Crippen molar-refractivity contribution >= 4 is 34.5 Å². The van der Waals surface area contributed by atoms with Crippen LogP contribution in [0.4, 0.5) is 28.4 Å². The maximum atomic E-state index is 9.58. The van der Waals surface area contributed by atoms with Crippen LogP contribution in [0.1, 0.15) is 5.56 Å². The summed E-state index contributed by atoms with van der Waals surface area (Å²) in [6.07, 6.45) is 2.65. The van der Waals surface area contributed by atoms with Crippen LogP contribution in [-0.2, 0) is 0 Å². The number of nitrogen functional groups attached to an aromatic ring is 4. The third kappa shape index (κ3) is 1.11. The summed E-state index contributed by atoms with van der Waals surface area (Å²) >= 11 is 0. The Labute approximate surface area is 90.8 Å². The molecule has 86 valence electrons. The Hall–Kier alpha value is -2.32. The minimum atomic E-state index is 0.0487. The molecule has 0 spiro atoms. The number of hydrogen-bond donors (Lipinski definition) is 6. The summed E-state index contributed by atoms with van der Waals surface area (Å²) in [4.78, 5) is 0. The van der Waals surface area contributed by atoms with Gasteiger partial charge < -0.3 is 22.9 Å². The second-order valence-electron chi connectivity index (χ2n) is 3.34. The predicted octanol–water partition coefficient (Wildman–Crippen LogP) is -0.199. The second-order valence-corrected chi connectivity index (χ2v) is 3.34. The zero-order chi connectivity index (χ0) is 12.0. The molecular formula is C8H12N6O2. The van der Waals surface area contributed by atoms with Crippen LogP contribution in [0.5, 0.6) is 0 Å². The molecule has 0 amide bonds. The molecule has 8 heteroatoms. The largest absolute Gasteiger partial charge is 0.396 e. The summed E-state index contributed by atoms with van der Waals surface area (Å²) in [5.74, 6) is 0. The fourth-order valence-electron chi connectivity index (χ4n) is 1.53. The van der Waals surface area contributed by atoms with Crippen molar-refractivity contribution in [3.05, 3.63) is 11.8 Å². The molecule has 1 aromatic rings. The molecule has 0 saturated heterocycles. The molecule has 1 aliphatic heterocycles. The average Bonchev–Trinajstić information content (AvgIpc) is 2.27. The lowest BCUT2D eigenvalue weighted by Crippen LogP contribution is -2.36. The van der Waals surface area contributed by atoms with Crippen LogP contribution >= 0.6 is 0 Å². The predicted molar refractivity (Wildman–Crippen MR) is 61.0 cm³/mol. The molecule has 1 heterocycles. The van der Waals surface area contributed by atoms with Crippen LogP contribution < -0.4 is 28.1 Å². The van der Waals surface area contributed by atoms with Gasteiger partial charge in [0, 0.05) is 5.56 Å². The number of benzene rings is 1. The highest BCUT2D eigenvalue weighted by molar-refractivity contribution is 6.01. The van der Waals surface area contributed by atoms with E-state index >= 15 is 0 Å². The molecule has 8 nitrogen and oxygen atoms in total. The van der Waals surface area contributed by atoms with Gasteiger partial charge in [-0.15, -0.1) is 10.3 Å². The van der Waals surface area contributed by atoms with Gasteiger partial charge in [0.25, 0.3) is 0 Å². The average molecular weight is 224 g/mol. The first-order valence-electron chi connectivity index (χ1n) is 4.36. The quantitative estimate of drug-likeness (QED) is 0.331. The topological polar surface area (TPSA) is 151 Å². The highest BCUT2D eigenvalue weighted by atomic mass is 16.7. The summed E-state index contributed by atoms with van der Waals surface area (Å²) in [6.45, 7) is 0. The number of nitrogens with zero attached hydrogens (tertiary/aromatic N) is 2. The van der Waals surface area contributed by atoms with Crippen LogP contribution in [0.15, 0.2) is 6.20 Å². The Bertz CT molecular complexity index is 486. The standard InChI is InChI=1S/C8H12N6O2/c9-4-3-1-2-13(15)14(16)8(3)7(12)6(11)5(4)10/h1-2,15-16H,9-12H2. The van der Waals surface area contributed by atoms with Gasteiger partial charge in [-0.3, -0.25) is 10.4 Å². The van der Waals surface area contributed by atoms with E-state index in [2.05, 4.69) is 0 Å². The fraction of sp³-hybridized carbons (Fsp3) is 0. The van der Waals surface area contributed by atoms with E-state index in [4.69, 9.17) is 22.9 Å². The zero-order valence-electron chi connectivity index (χ0n) is 8.25. The molecule has 1 aliphatic rings. The number of hydrogen-bond acceptors (Lipinski definition) is 8. The van der Waals surface area contributed by atoms with Crippen molar-refractivity contribution in [2.24, 2.45) is 0 Å². The van der Waals surface area contributed by atoms with Gasteiger partial charge in [-0.1, -0.05) is 0 Å². The molecule has 0 atom stereocenters. The van der Waals surface area contributed by atoms with E-state index in [0.29, 0.717) is 15.9 Å². The highest BCUT2D eigenvalue weighted by Crippen LogP contribution is 2.44. The summed E-state index contributed by atoms with van der Waals surface area (Å²) in [5.41, 5.74) is 23.7. The summed E-state index contributed by atoms with van der Waals surface area (Å²) in [7, 11) is 0. The molecular weight excluding hydrogens is 212 g/mol. The molecule has 2 rings (SSSR count). The molecule has 0 radical (unpaired) electrons. The lowest BCUT2D eigenvalue weighted by Gasteiger charge is -2.31. The number of hydrazine groups is 1. The van der Waals surface area contributed by atoms with Crippen LogP contribution in [-0.4, -0.2) is 15.6 Å². The van der Waals surface area contributed by atoms with E-state index in [0.717, 1.165) is 0 Å². The van der Waals surface area contributed by atoms with Gasteiger partial charge in [-0.05, 0) is 6.08 Å². The van der Waals surface area contributed by atoms with Gasteiger partial charge in [0.2, 0.25) is 0 Å². The van der Waals surface area contributed by atoms with Crippen LogP contribution in [0.3, 0.4) is 0 Å². The fourth-order valence-corrected chi connectivity index (χ4v) is 1.53. The molecule has 0 aromatic heterocycles. The third-order valence-electron chi connectivity index (χ3n) is 2.44. The molecule has 0 unspecified atom stereocenters. The van der Waals surface area contributed by atoms with E-state index in [9.17, 15) is 10.4 Å². The number of rotatable bonds is 0. The van der Waals surface area contributed by atoms with E-state index in [1.807, 2.05) is 0 Å².